The number of hydrogen-bond donors (Lipinski definition) is 2. The van der Waals surface area contributed by atoms with Gasteiger partial charge in [-0.1, -0.05) is 52.6 Å². The molecular formula is C20H21Cl2N3O4S. The second-order valence-electron chi connectivity index (χ2n) is 6.54. The predicted octanol–water partition coefficient (Wildman–Crippen LogP) is 3.37. The molecule has 0 bridgehead atoms. The summed E-state index contributed by atoms with van der Waals surface area (Å²) in [5, 5.41) is 8.13. The van der Waals surface area contributed by atoms with Crippen LogP contribution in [0.25, 0.3) is 11.4 Å². The number of ether oxygens (including phenoxy) is 1. The Bertz CT molecular complexity index is 1010. The molecule has 7 nitrogen and oxygen atoms in total. The van der Waals surface area contributed by atoms with Crippen molar-refractivity contribution < 1.29 is 13.5 Å². The Morgan fingerprint density at radius 1 is 1.13 bits per heavy atom. The molecule has 4 rings (SSSR count). The predicted molar refractivity (Wildman–Crippen MR) is 117 cm³/mol. The lowest BCUT2D eigenvalue weighted by atomic mass is 10.2. The molecular weight excluding hydrogens is 449 g/mol. The first-order valence-corrected chi connectivity index (χ1v) is 11.3. The minimum Gasteiger partial charge on any atom is -0.380 e. The Morgan fingerprint density at radius 3 is 2.57 bits per heavy atom. The van der Waals surface area contributed by atoms with E-state index >= 15 is 0 Å². The van der Waals surface area contributed by atoms with Crippen molar-refractivity contribution in [2.24, 2.45) is 5.92 Å². The fourth-order valence-corrected chi connectivity index (χ4v) is 4.35. The standard InChI is InChI=1S/C14H17N3O4S.C6H4Cl2/c18-14-16-13(17-21-14)11-2-1-3-12(6-11)22(19)9-10-7-15-4-5-20-8-10;7-5-3-1-2-4-6(5)8/h1-3,6,10,15H,4-5,7-9H2,(H,16,17,18);1-4H. The summed E-state index contributed by atoms with van der Waals surface area (Å²) in [6.45, 7) is 2.95. The highest BCUT2D eigenvalue weighted by Crippen LogP contribution is 2.20. The van der Waals surface area contributed by atoms with Gasteiger partial charge in [-0.3, -0.25) is 13.7 Å². The number of aromatic nitrogens is 2. The monoisotopic (exact) mass is 469 g/mol. The average molecular weight is 470 g/mol. The Labute approximate surface area is 186 Å². The fraction of sp³-hybridized carbons (Fsp3) is 0.300. The van der Waals surface area contributed by atoms with E-state index in [1.807, 2.05) is 18.2 Å². The summed E-state index contributed by atoms with van der Waals surface area (Å²) in [4.78, 5) is 14.2. The molecule has 1 saturated heterocycles. The summed E-state index contributed by atoms with van der Waals surface area (Å²) >= 11 is 11.2. The van der Waals surface area contributed by atoms with E-state index in [4.69, 9.17) is 27.9 Å². The number of hydrogen-bond acceptors (Lipinski definition) is 6. The van der Waals surface area contributed by atoms with Crippen LogP contribution in [0.15, 0.2) is 62.7 Å². The Morgan fingerprint density at radius 2 is 1.90 bits per heavy atom. The topological polar surface area (TPSA) is 97.2 Å². The summed E-state index contributed by atoms with van der Waals surface area (Å²) in [6.07, 6.45) is 0. The van der Waals surface area contributed by atoms with E-state index in [9.17, 15) is 9.00 Å². The van der Waals surface area contributed by atoms with Crippen molar-refractivity contribution in [1.82, 2.24) is 15.5 Å². The minimum atomic E-state index is -1.14. The summed E-state index contributed by atoms with van der Waals surface area (Å²) in [5.74, 6) is 0.483. The Hall–Kier alpha value is -1.97. The van der Waals surface area contributed by atoms with Crippen LogP contribution in [0.1, 0.15) is 0 Å². The van der Waals surface area contributed by atoms with Gasteiger partial charge in [0.05, 0.1) is 34.1 Å². The van der Waals surface area contributed by atoms with Crippen molar-refractivity contribution in [2.75, 3.05) is 32.1 Å². The normalized spacial score (nSPS) is 17.5. The van der Waals surface area contributed by atoms with Crippen molar-refractivity contribution in [3.05, 3.63) is 69.1 Å². The third kappa shape index (κ3) is 6.78. The molecule has 2 unspecified atom stereocenters. The molecule has 10 heteroatoms. The summed E-state index contributed by atoms with van der Waals surface area (Å²) in [7, 11) is -1.14. The van der Waals surface area contributed by atoms with Crippen LogP contribution in [-0.4, -0.2) is 46.4 Å². The van der Waals surface area contributed by atoms with E-state index in [2.05, 4.69) is 20.0 Å². The van der Waals surface area contributed by atoms with Gasteiger partial charge in [-0.05, 0) is 24.3 Å². The van der Waals surface area contributed by atoms with Gasteiger partial charge in [0, 0.05) is 35.2 Å². The van der Waals surface area contributed by atoms with E-state index in [-0.39, 0.29) is 5.92 Å². The maximum Gasteiger partial charge on any atom is 0.439 e. The van der Waals surface area contributed by atoms with Crippen LogP contribution in [0.3, 0.4) is 0 Å². The molecule has 0 radical (unpaired) electrons. The molecule has 160 valence electrons. The van der Waals surface area contributed by atoms with Gasteiger partial charge >= 0.3 is 5.76 Å². The van der Waals surface area contributed by atoms with Gasteiger partial charge in [-0.25, -0.2) is 4.79 Å². The fourth-order valence-electron chi connectivity index (χ4n) is 2.76. The number of H-pyrrole nitrogens is 1. The molecule has 0 amide bonds. The van der Waals surface area contributed by atoms with Crippen LogP contribution in [0.4, 0.5) is 0 Å². The molecule has 2 heterocycles. The van der Waals surface area contributed by atoms with Gasteiger partial charge in [0.2, 0.25) is 0 Å². The molecule has 1 aliphatic rings. The van der Waals surface area contributed by atoms with Crippen molar-refractivity contribution in [3.63, 3.8) is 0 Å². The quantitative estimate of drug-likeness (QED) is 0.607. The molecule has 1 aromatic heterocycles. The van der Waals surface area contributed by atoms with Gasteiger partial charge in [0.1, 0.15) is 0 Å². The zero-order valence-corrected chi connectivity index (χ0v) is 18.3. The number of aromatic amines is 1. The van der Waals surface area contributed by atoms with E-state index in [0.29, 0.717) is 45.3 Å². The molecule has 2 N–H and O–H groups in total. The Balaban J connectivity index is 0.000000269. The smallest absolute Gasteiger partial charge is 0.380 e. The van der Waals surface area contributed by atoms with Crippen LogP contribution in [0.2, 0.25) is 10.0 Å². The zero-order valence-electron chi connectivity index (χ0n) is 16.0. The first kappa shape index (κ1) is 22.7. The SMILES string of the molecule is Clc1ccccc1Cl.O=c1[nH]c(-c2cccc(S(=O)CC3CNCCOC3)c2)no1. The van der Waals surface area contributed by atoms with Gasteiger partial charge in [-0.2, -0.15) is 0 Å². The second-order valence-corrected chi connectivity index (χ2v) is 8.85. The number of rotatable bonds is 4. The van der Waals surface area contributed by atoms with Crippen LogP contribution < -0.4 is 11.1 Å². The lowest BCUT2D eigenvalue weighted by Gasteiger charge is -2.13. The molecule has 0 spiro atoms. The third-order valence-electron chi connectivity index (χ3n) is 4.23. The van der Waals surface area contributed by atoms with E-state index in [1.54, 1.807) is 30.3 Å². The summed E-state index contributed by atoms with van der Waals surface area (Å²) in [6, 6.07) is 14.3. The molecule has 3 aromatic rings. The molecule has 0 saturated carbocycles. The number of halogens is 2. The molecule has 1 aliphatic heterocycles. The first-order chi connectivity index (χ1) is 14.5. The number of nitrogens with zero attached hydrogens (tertiary/aromatic N) is 1. The van der Waals surface area contributed by atoms with Crippen LogP contribution in [-0.2, 0) is 15.5 Å². The molecule has 1 fully saturated rings. The second kappa shape index (κ2) is 11.4. The van der Waals surface area contributed by atoms with E-state index in [0.717, 1.165) is 13.1 Å². The highest BCUT2D eigenvalue weighted by Gasteiger charge is 2.17. The third-order valence-corrected chi connectivity index (χ3v) is 6.54. The zero-order chi connectivity index (χ0) is 21.3. The molecule has 30 heavy (non-hydrogen) atoms. The highest BCUT2D eigenvalue weighted by molar-refractivity contribution is 7.85. The van der Waals surface area contributed by atoms with Crippen molar-refractivity contribution >= 4 is 34.0 Å². The Kier molecular flexibility index (Phi) is 8.65. The van der Waals surface area contributed by atoms with Crippen LogP contribution in [0, 0.1) is 5.92 Å². The highest BCUT2D eigenvalue weighted by atomic mass is 35.5. The number of nitrogens with one attached hydrogen (secondary N) is 2. The van der Waals surface area contributed by atoms with E-state index < -0.39 is 16.6 Å². The lowest BCUT2D eigenvalue weighted by molar-refractivity contribution is 0.129. The molecule has 2 aromatic carbocycles. The van der Waals surface area contributed by atoms with Gasteiger partial charge in [0.15, 0.2) is 5.82 Å². The minimum absolute atomic E-state index is 0.221. The maximum atomic E-state index is 12.5. The van der Waals surface area contributed by atoms with Crippen molar-refractivity contribution in [1.29, 1.82) is 0 Å². The van der Waals surface area contributed by atoms with Gasteiger partial charge in [0.25, 0.3) is 0 Å². The van der Waals surface area contributed by atoms with Crippen molar-refractivity contribution in [3.8, 4) is 11.4 Å². The molecule has 2 atom stereocenters. The van der Waals surface area contributed by atoms with Gasteiger partial charge < -0.3 is 10.1 Å². The molecule has 0 aliphatic carbocycles. The largest absolute Gasteiger partial charge is 0.439 e. The lowest BCUT2D eigenvalue weighted by Crippen LogP contribution is -2.26. The maximum absolute atomic E-state index is 12.5. The summed E-state index contributed by atoms with van der Waals surface area (Å²) in [5.41, 5.74) is 0.673. The van der Waals surface area contributed by atoms with Crippen LogP contribution >= 0.6 is 23.2 Å². The average Bonchev–Trinajstić information content (AvgIpc) is 3.03. The van der Waals surface area contributed by atoms with E-state index in [1.165, 1.54) is 0 Å². The van der Waals surface area contributed by atoms with Crippen molar-refractivity contribution in [2.45, 2.75) is 4.90 Å². The summed E-state index contributed by atoms with van der Waals surface area (Å²) < 4.78 is 22.5. The van der Waals surface area contributed by atoms with Crippen LogP contribution in [0.5, 0.6) is 0 Å². The first-order valence-electron chi connectivity index (χ1n) is 9.26. The van der Waals surface area contributed by atoms with Gasteiger partial charge in [-0.15, -0.1) is 0 Å². The number of benzene rings is 2.